The van der Waals surface area contributed by atoms with Gasteiger partial charge in [0.2, 0.25) is 5.76 Å². The number of unbranched alkanes of at least 4 members (excludes halogenated alkanes) is 1. The zero-order chi connectivity index (χ0) is 13.9. The number of aliphatic hydroxyl groups excluding tert-OH is 1. The topological polar surface area (TPSA) is 37.3 Å². The Morgan fingerprint density at radius 2 is 1.53 bits per heavy atom. The maximum absolute atomic E-state index is 12.0. The van der Waals surface area contributed by atoms with E-state index in [4.69, 9.17) is 5.11 Å². The summed E-state index contributed by atoms with van der Waals surface area (Å²) in [5.41, 5.74) is -1.63. The van der Waals surface area contributed by atoms with Crippen LogP contribution in [0.25, 0.3) is 0 Å². The minimum Gasteiger partial charge on any atom is -0.504 e. The third kappa shape index (κ3) is 4.66. The first-order chi connectivity index (χ1) is 7.51. The Hall–Kier alpha value is -1.21. The number of hydrogen-bond donors (Lipinski definition) is 1. The van der Waals surface area contributed by atoms with E-state index in [1.54, 1.807) is 0 Å². The number of carbonyl (C=O) groups is 1. The fourth-order valence-electron chi connectivity index (χ4n) is 1.04. The van der Waals surface area contributed by atoms with Gasteiger partial charge >= 0.3 is 12.4 Å². The van der Waals surface area contributed by atoms with E-state index in [0.29, 0.717) is 6.42 Å². The standard InChI is InChI=1S/C9H10F6O2/c1-2-3-4-5(6(16)8(10,11)12)7(17)9(13,14)15/h16H,2-4H2,1H3/b6-5-. The molecule has 0 aliphatic rings. The number of hydrogen-bond acceptors (Lipinski definition) is 2. The molecule has 0 aromatic rings. The van der Waals surface area contributed by atoms with Crippen molar-refractivity contribution in [3.05, 3.63) is 11.3 Å². The van der Waals surface area contributed by atoms with Gasteiger partial charge in [-0.3, -0.25) is 4.79 Å². The Labute approximate surface area is 92.9 Å². The van der Waals surface area contributed by atoms with Gasteiger partial charge < -0.3 is 5.11 Å². The van der Waals surface area contributed by atoms with Gasteiger partial charge in [-0.15, -0.1) is 0 Å². The number of alkyl halides is 6. The van der Waals surface area contributed by atoms with E-state index >= 15 is 0 Å². The summed E-state index contributed by atoms with van der Waals surface area (Å²) < 4.78 is 72.2. The predicted octanol–water partition coefficient (Wildman–Crippen LogP) is 3.68. The Morgan fingerprint density at radius 3 is 1.82 bits per heavy atom. The number of Topliss-reactive ketones (excluding diaryl/α,β-unsaturated/α-hetero) is 1. The van der Waals surface area contributed by atoms with Crippen LogP contribution in [0.1, 0.15) is 26.2 Å². The molecule has 0 unspecified atom stereocenters. The molecule has 100 valence electrons. The quantitative estimate of drug-likeness (QED) is 0.477. The molecule has 0 heterocycles. The average molecular weight is 264 g/mol. The van der Waals surface area contributed by atoms with Gasteiger partial charge in [-0.1, -0.05) is 13.3 Å². The zero-order valence-electron chi connectivity index (χ0n) is 8.74. The van der Waals surface area contributed by atoms with Crippen molar-refractivity contribution in [3.8, 4) is 0 Å². The predicted molar refractivity (Wildman–Crippen MR) is 46.3 cm³/mol. The van der Waals surface area contributed by atoms with Crippen LogP contribution < -0.4 is 0 Å². The summed E-state index contributed by atoms with van der Waals surface area (Å²) in [5, 5.41) is 8.64. The molecule has 0 fully saturated rings. The van der Waals surface area contributed by atoms with Gasteiger partial charge in [0.15, 0.2) is 0 Å². The van der Waals surface area contributed by atoms with Crippen LogP contribution in [-0.4, -0.2) is 23.2 Å². The number of halogens is 6. The van der Waals surface area contributed by atoms with Gasteiger partial charge in [0, 0.05) is 0 Å². The zero-order valence-corrected chi connectivity index (χ0v) is 8.74. The van der Waals surface area contributed by atoms with Crippen LogP contribution in [0.2, 0.25) is 0 Å². The minimum atomic E-state index is -5.43. The first-order valence-corrected chi connectivity index (χ1v) is 4.62. The lowest BCUT2D eigenvalue weighted by Gasteiger charge is -2.13. The minimum absolute atomic E-state index is 0.0582. The maximum atomic E-state index is 12.0. The third-order valence-corrected chi connectivity index (χ3v) is 1.87. The van der Waals surface area contributed by atoms with Crippen LogP contribution >= 0.6 is 0 Å². The largest absolute Gasteiger partial charge is 0.504 e. The summed E-state index contributed by atoms with van der Waals surface area (Å²) in [6.45, 7) is 1.53. The van der Waals surface area contributed by atoms with Crippen molar-refractivity contribution < 1.29 is 36.2 Å². The second kappa shape index (κ2) is 5.42. The van der Waals surface area contributed by atoms with Crippen LogP contribution in [0, 0.1) is 0 Å². The Morgan fingerprint density at radius 1 is 1.06 bits per heavy atom. The molecule has 1 N–H and O–H groups in total. The van der Waals surface area contributed by atoms with Crippen molar-refractivity contribution in [1.29, 1.82) is 0 Å². The molecule has 0 aliphatic heterocycles. The SMILES string of the molecule is CCCC/C(C(=O)C(F)(F)F)=C(/O)C(F)(F)F. The normalized spacial score (nSPS) is 14.5. The summed E-state index contributed by atoms with van der Waals surface area (Å²) in [5.74, 6) is -5.12. The molecule has 8 heteroatoms. The summed E-state index contributed by atoms with van der Waals surface area (Å²) in [6, 6.07) is 0. The number of aliphatic hydroxyl groups is 1. The van der Waals surface area contributed by atoms with E-state index in [0.717, 1.165) is 0 Å². The first-order valence-electron chi connectivity index (χ1n) is 4.62. The first kappa shape index (κ1) is 15.8. The maximum Gasteiger partial charge on any atom is 0.454 e. The number of ketones is 1. The van der Waals surface area contributed by atoms with Crippen molar-refractivity contribution in [2.45, 2.75) is 38.5 Å². The van der Waals surface area contributed by atoms with E-state index in [-0.39, 0.29) is 6.42 Å². The summed E-state index contributed by atoms with van der Waals surface area (Å²) in [7, 11) is 0. The fourth-order valence-corrected chi connectivity index (χ4v) is 1.04. The highest BCUT2D eigenvalue weighted by molar-refractivity contribution is 6.00. The molecule has 0 bridgehead atoms. The van der Waals surface area contributed by atoms with Crippen LogP contribution in [0.5, 0.6) is 0 Å². The summed E-state index contributed by atoms with van der Waals surface area (Å²) >= 11 is 0. The van der Waals surface area contributed by atoms with Gasteiger partial charge in [-0.05, 0) is 12.8 Å². The van der Waals surface area contributed by atoms with E-state index in [1.165, 1.54) is 6.92 Å². The Kier molecular flexibility index (Phi) is 5.03. The van der Waals surface area contributed by atoms with Crippen LogP contribution in [0.15, 0.2) is 11.3 Å². The van der Waals surface area contributed by atoms with Crippen molar-refractivity contribution in [2.24, 2.45) is 0 Å². The molecular formula is C9H10F6O2. The summed E-state index contributed by atoms with van der Waals surface area (Å²) in [6.07, 6.45) is -11.3. The van der Waals surface area contributed by atoms with E-state index in [1.807, 2.05) is 0 Å². The highest BCUT2D eigenvalue weighted by atomic mass is 19.4. The highest BCUT2D eigenvalue weighted by Crippen LogP contribution is 2.32. The molecule has 0 saturated carbocycles. The molecule has 0 radical (unpaired) electrons. The number of allylic oxidation sites excluding steroid dienone is 2. The molecule has 0 aliphatic carbocycles. The van der Waals surface area contributed by atoms with Crippen LogP contribution in [0.3, 0.4) is 0 Å². The number of carbonyl (C=O) groups excluding carboxylic acids is 1. The lowest BCUT2D eigenvalue weighted by molar-refractivity contribution is -0.168. The van der Waals surface area contributed by atoms with E-state index in [2.05, 4.69) is 0 Å². The van der Waals surface area contributed by atoms with E-state index in [9.17, 15) is 31.1 Å². The fraction of sp³-hybridized carbons (Fsp3) is 0.667. The van der Waals surface area contributed by atoms with Gasteiger partial charge in [0.25, 0.3) is 5.78 Å². The molecule has 0 spiro atoms. The molecule has 0 atom stereocenters. The lowest BCUT2D eigenvalue weighted by atomic mass is 10.0. The molecule has 0 saturated heterocycles. The van der Waals surface area contributed by atoms with Gasteiger partial charge in [0.1, 0.15) is 0 Å². The molecule has 0 rings (SSSR count). The van der Waals surface area contributed by atoms with Crippen molar-refractivity contribution >= 4 is 5.78 Å². The molecule has 0 aromatic heterocycles. The van der Waals surface area contributed by atoms with Gasteiger partial charge in [0.05, 0.1) is 5.57 Å². The summed E-state index contributed by atoms with van der Waals surface area (Å²) in [4.78, 5) is 10.7. The van der Waals surface area contributed by atoms with E-state index < -0.39 is 35.9 Å². The molecule has 0 aromatic carbocycles. The highest BCUT2D eigenvalue weighted by Gasteiger charge is 2.46. The van der Waals surface area contributed by atoms with Crippen molar-refractivity contribution in [2.75, 3.05) is 0 Å². The second-order valence-electron chi connectivity index (χ2n) is 3.26. The van der Waals surface area contributed by atoms with Crippen molar-refractivity contribution in [3.63, 3.8) is 0 Å². The average Bonchev–Trinajstić information content (AvgIpc) is 2.14. The second-order valence-corrected chi connectivity index (χ2v) is 3.26. The molecule has 17 heavy (non-hydrogen) atoms. The van der Waals surface area contributed by atoms with Crippen LogP contribution in [0.4, 0.5) is 26.3 Å². The lowest BCUT2D eigenvalue weighted by Crippen LogP contribution is -2.28. The number of rotatable bonds is 4. The van der Waals surface area contributed by atoms with Crippen LogP contribution in [-0.2, 0) is 4.79 Å². The smallest absolute Gasteiger partial charge is 0.454 e. The third-order valence-electron chi connectivity index (χ3n) is 1.87. The Bertz CT molecular complexity index is 312. The van der Waals surface area contributed by atoms with Gasteiger partial charge in [-0.2, -0.15) is 26.3 Å². The van der Waals surface area contributed by atoms with Gasteiger partial charge in [-0.25, -0.2) is 0 Å². The Balaban J connectivity index is 5.36. The monoisotopic (exact) mass is 264 g/mol. The molecule has 2 nitrogen and oxygen atoms in total. The molecular weight excluding hydrogens is 254 g/mol. The molecule has 0 amide bonds. The van der Waals surface area contributed by atoms with Crippen molar-refractivity contribution in [1.82, 2.24) is 0 Å².